The predicted molar refractivity (Wildman–Crippen MR) is 115 cm³/mol. The number of amides is 2. The Morgan fingerprint density at radius 1 is 1.03 bits per heavy atom. The Morgan fingerprint density at radius 3 is 2.52 bits per heavy atom. The maximum Gasteiger partial charge on any atom is 0.253 e. The van der Waals surface area contributed by atoms with Gasteiger partial charge < -0.3 is 15.1 Å². The normalized spacial score (nSPS) is 20.4. The number of rotatable bonds is 4. The van der Waals surface area contributed by atoms with Crippen molar-refractivity contribution in [1.29, 1.82) is 0 Å². The molecule has 5 heteroatoms. The summed E-state index contributed by atoms with van der Waals surface area (Å²) in [6, 6.07) is 16.3. The minimum Gasteiger partial charge on any atom is -0.356 e. The molecule has 2 fully saturated rings. The Bertz CT molecular complexity index is 870. The van der Waals surface area contributed by atoms with Crippen LogP contribution in [0.3, 0.4) is 0 Å². The molecule has 2 amide bonds. The smallest absolute Gasteiger partial charge is 0.253 e. The van der Waals surface area contributed by atoms with Crippen molar-refractivity contribution in [2.45, 2.75) is 19.3 Å². The first-order chi connectivity index (χ1) is 14.1. The predicted octanol–water partition coefficient (Wildman–Crippen LogP) is 2.81. The van der Waals surface area contributed by atoms with Crippen molar-refractivity contribution < 1.29 is 9.59 Å². The summed E-state index contributed by atoms with van der Waals surface area (Å²) in [7, 11) is 2.09. The van der Waals surface area contributed by atoms with Crippen LogP contribution in [0.2, 0.25) is 0 Å². The van der Waals surface area contributed by atoms with E-state index in [0.29, 0.717) is 0 Å². The van der Waals surface area contributed by atoms with Crippen LogP contribution < -0.4 is 5.32 Å². The fourth-order valence-corrected chi connectivity index (χ4v) is 4.17. The lowest BCUT2D eigenvalue weighted by molar-refractivity contribution is -0.126. The average molecular weight is 392 g/mol. The lowest BCUT2D eigenvalue weighted by atomic mass is 9.91. The second kappa shape index (κ2) is 8.78. The highest BCUT2D eigenvalue weighted by Gasteiger charge is 2.22. The van der Waals surface area contributed by atoms with Crippen molar-refractivity contribution in [3.8, 4) is 11.1 Å². The van der Waals surface area contributed by atoms with Crippen LogP contribution in [-0.4, -0.2) is 61.4 Å². The van der Waals surface area contributed by atoms with E-state index in [1.54, 1.807) is 0 Å². The number of hydrogen-bond acceptors (Lipinski definition) is 3. The third-order valence-electron chi connectivity index (χ3n) is 6.07. The zero-order chi connectivity index (χ0) is 20.2. The van der Waals surface area contributed by atoms with Crippen LogP contribution >= 0.6 is 0 Å². The molecule has 1 N–H and O–H groups in total. The third kappa shape index (κ3) is 4.67. The fourth-order valence-electron chi connectivity index (χ4n) is 4.17. The van der Waals surface area contributed by atoms with Gasteiger partial charge in [0.1, 0.15) is 0 Å². The van der Waals surface area contributed by atoms with E-state index in [0.717, 1.165) is 68.7 Å². The maximum absolute atomic E-state index is 12.9. The molecule has 2 saturated heterocycles. The monoisotopic (exact) mass is 391 g/mol. The Morgan fingerprint density at radius 2 is 1.79 bits per heavy atom. The first-order valence-corrected chi connectivity index (χ1v) is 10.5. The van der Waals surface area contributed by atoms with Crippen molar-refractivity contribution in [2.24, 2.45) is 5.92 Å². The number of piperidine rings is 1. The molecular weight excluding hydrogens is 362 g/mol. The molecule has 152 valence electrons. The molecule has 0 aromatic heterocycles. The molecule has 0 saturated carbocycles. The summed E-state index contributed by atoms with van der Waals surface area (Å²) < 4.78 is 0. The molecule has 2 heterocycles. The third-order valence-corrected chi connectivity index (χ3v) is 6.07. The van der Waals surface area contributed by atoms with E-state index in [1.165, 1.54) is 5.56 Å². The topological polar surface area (TPSA) is 52.6 Å². The molecule has 1 unspecified atom stereocenters. The van der Waals surface area contributed by atoms with Crippen molar-refractivity contribution in [1.82, 2.24) is 15.1 Å². The zero-order valence-electron chi connectivity index (χ0n) is 17.1. The van der Waals surface area contributed by atoms with Crippen molar-refractivity contribution in [3.05, 3.63) is 59.7 Å². The first kappa shape index (κ1) is 19.6. The molecule has 2 aliphatic heterocycles. The van der Waals surface area contributed by atoms with Crippen molar-refractivity contribution >= 4 is 11.8 Å². The number of carbonyl (C=O) groups excluding carboxylic acids is 2. The molecule has 5 nitrogen and oxygen atoms in total. The average Bonchev–Trinajstić information content (AvgIpc) is 2.76. The van der Waals surface area contributed by atoms with Gasteiger partial charge >= 0.3 is 0 Å². The van der Waals surface area contributed by atoms with Gasteiger partial charge in [-0.1, -0.05) is 36.4 Å². The Balaban J connectivity index is 1.45. The van der Waals surface area contributed by atoms with E-state index >= 15 is 0 Å². The van der Waals surface area contributed by atoms with Gasteiger partial charge in [0.15, 0.2) is 0 Å². The van der Waals surface area contributed by atoms with E-state index in [2.05, 4.69) is 41.5 Å². The van der Waals surface area contributed by atoms with E-state index in [9.17, 15) is 9.59 Å². The van der Waals surface area contributed by atoms with Gasteiger partial charge in [-0.3, -0.25) is 9.59 Å². The fraction of sp³-hybridized carbons (Fsp3) is 0.417. The maximum atomic E-state index is 12.9. The highest BCUT2D eigenvalue weighted by atomic mass is 16.2. The molecule has 0 spiro atoms. The molecule has 29 heavy (non-hydrogen) atoms. The van der Waals surface area contributed by atoms with Crippen molar-refractivity contribution in [2.75, 3.05) is 39.8 Å². The Hall–Kier alpha value is -2.66. The van der Waals surface area contributed by atoms with E-state index < -0.39 is 0 Å². The van der Waals surface area contributed by atoms with Gasteiger partial charge in [0.2, 0.25) is 5.91 Å². The van der Waals surface area contributed by atoms with Crippen LogP contribution in [0.15, 0.2) is 48.5 Å². The van der Waals surface area contributed by atoms with E-state index in [4.69, 9.17) is 0 Å². The Labute approximate surface area is 172 Å². The molecule has 2 aliphatic rings. The van der Waals surface area contributed by atoms with Crippen molar-refractivity contribution in [3.63, 3.8) is 0 Å². The summed E-state index contributed by atoms with van der Waals surface area (Å²) in [5.74, 6) is 0.370. The van der Waals surface area contributed by atoms with Crippen LogP contribution in [0.25, 0.3) is 11.1 Å². The number of carbonyl (C=O) groups is 2. The number of likely N-dealkylation sites (N-methyl/N-ethyl adjacent to an activating group) is 1. The molecule has 0 radical (unpaired) electrons. The number of piperazine rings is 1. The molecule has 2 aromatic carbocycles. The van der Waals surface area contributed by atoms with Gasteiger partial charge in [-0.25, -0.2) is 0 Å². The molecule has 1 atom stereocenters. The molecular formula is C24H29N3O2. The van der Waals surface area contributed by atoms with Crippen LogP contribution in [0.1, 0.15) is 28.8 Å². The summed E-state index contributed by atoms with van der Waals surface area (Å²) in [6.45, 7) is 4.21. The second-order valence-electron chi connectivity index (χ2n) is 8.21. The van der Waals surface area contributed by atoms with Crippen LogP contribution in [0, 0.1) is 5.92 Å². The van der Waals surface area contributed by atoms with Gasteiger partial charge in [-0.15, -0.1) is 0 Å². The van der Waals surface area contributed by atoms with E-state index in [-0.39, 0.29) is 17.7 Å². The minimum atomic E-state index is 0.0825. The highest BCUT2D eigenvalue weighted by Crippen LogP contribution is 2.24. The zero-order valence-corrected chi connectivity index (χ0v) is 17.1. The largest absolute Gasteiger partial charge is 0.356 e. The number of benzene rings is 2. The Kier molecular flexibility index (Phi) is 5.95. The molecule has 0 bridgehead atoms. The summed E-state index contributed by atoms with van der Waals surface area (Å²) in [5, 5.41) is 2.96. The number of nitrogens with zero attached hydrogens (tertiary/aromatic N) is 2. The molecule has 2 aromatic rings. The summed E-state index contributed by atoms with van der Waals surface area (Å²) >= 11 is 0. The summed E-state index contributed by atoms with van der Waals surface area (Å²) in [4.78, 5) is 29.0. The van der Waals surface area contributed by atoms with Gasteiger partial charge in [-0.05, 0) is 55.1 Å². The van der Waals surface area contributed by atoms with Gasteiger partial charge in [0.25, 0.3) is 5.91 Å². The standard InChI is InChI=1S/C24H29N3O2/c1-26-12-14-27(15-13-26)24(29)22-5-2-4-20(17-22)19-9-7-18(8-10-19)16-21-6-3-11-25-23(21)28/h2,4-5,7-10,17,21H,3,6,11-16H2,1H3,(H,25,28). The molecule has 0 aliphatic carbocycles. The molecule has 4 rings (SSSR count). The number of nitrogens with one attached hydrogen (secondary N) is 1. The van der Waals surface area contributed by atoms with Gasteiger partial charge in [-0.2, -0.15) is 0 Å². The van der Waals surface area contributed by atoms with Crippen LogP contribution in [0.4, 0.5) is 0 Å². The lowest BCUT2D eigenvalue weighted by Gasteiger charge is -2.32. The van der Waals surface area contributed by atoms with Gasteiger partial charge in [0.05, 0.1) is 0 Å². The van der Waals surface area contributed by atoms with Crippen LogP contribution in [0.5, 0.6) is 0 Å². The summed E-state index contributed by atoms with van der Waals surface area (Å²) in [6.07, 6.45) is 2.81. The first-order valence-electron chi connectivity index (χ1n) is 10.5. The summed E-state index contributed by atoms with van der Waals surface area (Å²) in [5.41, 5.74) is 4.07. The van der Waals surface area contributed by atoms with Crippen LogP contribution in [-0.2, 0) is 11.2 Å². The second-order valence-corrected chi connectivity index (χ2v) is 8.21. The number of hydrogen-bond donors (Lipinski definition) is 1. The van der Waals surface area contributed by atoms with Gasteiger partial charge in [0, 0.05) is 44.2 Å². The minimum absolute atomic E-state index is 0.0825. The SMILES string of the molecule is CN1CCN(C(=O)c2cccc(-c3ccc(CC4CCCNC4=O)cc3)c2)CC1. The highest BCUT2D eigenvalue weighted by molar-refractivity contribution is 5.95. The quantitative estimate of drug-likeness (QED) is 0.872. The van der Waals surface area contributed by atoms with E-state index in [1.807, 2.05) is 29.2 Å². The lowest BCUT2D eigenvalue weighted by Crippen LogP contribution is -2.47.